The molecular weight excluding hydrogens is 236 g/mol. The lowest BCUT2D eigenvalue weighted by molar-refractivity contribution is -0.593. The maximum Gasteiger partial charge on any atom is 0.302 e. The van der Waals surface area contributed by atoms with Gasteiger partial charge in [-0.2, -0.15) is 0 Å². The van der Waals surface area contributed by atoms with Crippen LogP contribution in [0.2, 0.25) is 0 Å². The van der Waals surface area contributed by atoms with Crippen LogP contribution in [0, 0.1) is 0 Å². The molecule has 96 valence electrons. The van der Waals surface area contributed by atoms with Gasteiger partial charge in [-0.1, -0.05) is 9.61 Å². The molecule has 0 atom stereocenters. The third-order valence-corrected chi connectivity index (χ3v) is 3.28. The SMILES string of the molecule is O=c1[nH]c(CO)n[n+]2c(C3CCOCC3)[nH]cc12. The summed E-state index contributed by atoms with van der Waals surface area (Å²) >= 11 is 0. The molecule has 7 nitrogen and oxygen atoms in total. The molecule has 18 heavy (non-hydrogen) atoms. The van der Waals surface area contributed by atoms with Crippen LogP contribution < -0.4 is 10.1 Å². The average Bonchev–Trinajstić information content (AvgIpc) is 2.84. The lowest BCUT2D eigenvalue weighted by Crippen LogP contribution is -2.39. The van der Waals surface area contributed by atoms with Crippen LogP contribution in [0.25, 0.3) is 5.52 Å². The minimum Gasteiger partial charge on any atom is -0.388 e. The van der Waals surface area contributed by atoms with Gasteiger partial charge in [0, 0.05) is 13.2 Å². The minimum atomic E-state index is -0.281. The summed E-state index contributed by atoms with van der Waals surface area (Å²) in [6.45, 7) is 1.17. The van der Waals surface area contributed by atoms with Crippen molar-refractivity contribution in [2.24, 2.45) is 0 Å². The number of H-pyrrole nitrogens is 2. The van der Waals surface area contributed by atoms with Crippen molar-refractivity contribution in [1.29, 1.82) is 0 Å². The Labute approximate surface area is 102 Å². The zero-order chi connectivity index (χ0) is 12.5. The van der Waals surface area contributed by atoms with Gasteiger partial charge in [0.1, 0.15) is 12.8 Å². The Hall–Kier alpha value is -1.73. The van der Waals surface area contributed by atoms with Crippen LogP contribution in [0.15, 0.2) is 11.0 Å². The molecule has 7 heteroatoms. The number of aromatic nitrogens is 4. The molecule has 0 aliphatic carbocycles. The Morgan fingerprint density at radius 2 is 2.28 bits per heavy atom. The molecule has 1 aliphatic heterocycles. The van der Waals surface area contributed by atoms with Crippen molar-refractivity contribution >= 4 is 5.52 Å². The summed E-state index contributed by atoms with van der Waals surface area (Å²) in [6, 6.07) is 0. The van der Waals surface area contributed by atoms with E-state index in [1.165, 1.54) is 0 Å². The highest BCUT2D eigenvalue weighted by Gasteiger charge is 2.27. The van der Waals surface area contributed by atoms with Crippen molar-refractivity contribution in [2.75, 3.05) is 13.2 Å². The first kappa shape index (κ1) is 11.4. The van der Waals surface area contributed by atoms with Gasteiger partial charge in [0.2, 0.25) is 0 Å². The zero-order valence-corrected chi connectivity index (χ0v) is 9.85. The molecule has 0 unspecified atom stereocenters. The van der Waals surface area contributed by atoms with Crippen molar-refractivity contribution in [3.8, 4) is 0 Å². The zero-order valence-electron chi connectivity index (χ0n) is 9.85. The predicted molar refractivity (Wildman–Crippen MR) is 61.1 cm³/mol. The van der Waals surface area contributed by atoms with E-state index in [9.17, 15) is 4.79 Å². The summed E-state index contributed by atoms with van der Waals surface area (Å²) in [5.74, 6) is 1.47. The summed E-state index contributed by atoms with van der Waals surface area (Å²) in [4.78, 5) is 17.4. The number of nitrogens with one attached hydrogen (secondary N) is 2. The van der Waals surface area contributed by atoms with E-state index in [-0.39, 0.29) is 18.0 Å². The number of nitrogens with zero attached hydrogens (tertiary/aromatic N) is 2. The highest BCUT2D eigenvalue weighted by molar-refractivity contribution is 5.32. The van der Waals surface area contributed by atoms with Crippen LogP contribution in [0.4, 0.5) is 0 Å². The van der Waals surface area contributed by atoms with E-state index in [2.05, 4.69) is 15.1 Å². The lowest BCUT2D eigenvalue weighted by Gasteiger charge is -2.17. The van der Waals surface area contributed by atoms with Crippen molar-refractivity contribution in [2.45, 2.75) is 25.4 Å². The minimum absolute atomic E-state index is 0.247. The van der Waals surface area contributed by atoms with Crippen molar-refractivity contribution in [3.05, 3.63) is 28.2 Å². The van der Waals surface area contributed by atoms with Crippen molar-refractivity contribution in [3.63, 3.8) is 0 Å². The Kier molecular flexibility index (Phi) is 2.85. The van der Waals surface area contributed by atoms with Gasteiger partial charge < -0.3 is 14.8 Å². The molecule has 0 saturated carbocycles. The smallest absolute Gasteiger partial charge is 0.302 e. The topological polar surface area (TPSA) is 95.1 Å². The summed E-state index contributed by atoms with van der Waals surface area (Å²) in [5.41, 5.74) is 0.220. The largest absolute Gasteiger partial charge is 0.388 e. The highest BCUT2D eigenvalue weighted by atomic mass is 16.5. The summed E-state index contributed by atoms with van der Waals surface area (Å²) in [7, 11) is 0. The maximum absolute atomic E-state index is 11.8. The average molecular weight is 251 g/mol. The Balaban J connectivity index is 2.12. The van der Waals surface area contributed by atoms with Crippen LogP contribution in [-0.4, -0.2) is 33.4 Å². The van der Waals surface area contributed by atoms with Gasteiger partial charge in [0.15, 0.2) is 5.82 Å². The number of aliphatic hydroxyl groups excluding tert-OH is 1. The van der Waals surface area contributed by atoms with E-state index < -0.39 is 0 Å². The maximum atomic E-state index is 11.8. The van der Waals surface area contributed by atoms with Gasteiger partial charge in [-0.05, 0) is 12.8 Å². The van der Waals surface area contributed by atoms with E-state index in [0.29, 0.717) is 11.4 Å². The molecule has 1 fully saturated rings. The van der Waals surface area contributed by atoms with E-state index in [1.807, 2.05) is 0 Å². The number of fused-ring (bicyclic) bond motifs is 1. The number of hydrogen-bond donors (Lipinski definition) is 3. The second-order valence-electron chi connectivity index (χ2n) is 4.42. The predicted octanol–water partition coefficient (Wildman–Crippen LogP) is -0.777. The van der Waals surface area contributed by atoms with Crippen LogP contribution in [0.1, 0.15) is 30.4 Å². The van der Waals surface area contributed by atoms with Gasteiger partial charge >= 0.3 is 5.56 Å². The third-order valence-electron chi connectivity index (χ3n) is 3.28. The van der Waals surface area contributed by atoms with Gasteiger partial charge in [-0.3, -0.25) is 4.79 Å². The number of ether oxygens (including phenoxy) is 1. The molecule has 3 N–H and O–H groups in total. The standard InChI is InChI=1S/C11H14N4O3/c16-6-9-13-11(17)8-5-12-10(15(8)14-9)7-1-3-18-4-2-7/h5,7,16H,1-4,6H2,(H,13,14,17)/p+1. The van der Waals surface area contributed by atoms with Crippen LogP contribution in [0.5, 0.6) is 0 Å². The second kappa shape index (κ2) is 4.51. The Morgan fingerprint density at radius 1 is 1.50 bits per heavy atom. The van der Waals surface area contributed by atoms with E-state index in [4.69, 9.17) is 9.84 Å². The monoisotopic (exact) mass is 251 g/mol. The lowest BCUT2D eigenvalue weighted by atomic mass is 10.00. The summed E-state index contributed by atoms with van der Waals surface area (Å²) < 4.78 is 6.92. The fraction of sp³-hybridized carbons (Fsp3) is 0.545. The van der Waals surface area contributed by atoms with Gasteiger partial charge in [-0.15, -0.1) is 0 Å². The molecule has 3 rings (SSSR count). The molecule has 0 amide bonds. The summed E-state index contributed by atoms with van der Waals surface area (Å²) in [5, 5.41) is 13.3. The first-order valence-corrected chi connectivity index (χ1v) is 6.00. The molecule has 1 saturated heterocycles. The fourth-order valence-electron chi connectivity index (χ4n) is 2.34. The van der Waals surface area contributed by atoms with Gasteiger partial charge in [-0.25, -0.2) is 4.98 Å². The molecule has 0 bridgehead atoms. The first-order valence-electron chi connectivity index (χ1n) is 6.00. The molecule has 3 heterocycles. The van der Waals surface area contributed by atoms with E-state index in [0.717, 1.165) is 31.9 Å². The van der Waals surface area contributed by atoms with E-state index >= 15 is 0 Å². The first-order chi connectivity index (χ1) is 8.79. The molecule has 1 aliphatic rings. The fourth-order valence-corrected chi connectivity index (χ4v) is 2.34. The molecule has 0 radical (unpaired) electrons. The van der Waals surface area contributed by atoms with E-state index in [1.54, 1.807) is 10.7 Å². The normalized spacial score (nSPS) is 17.4. The number of rotatable bonds is 2. The highest BCUT2D eigenvalue weighted by Crippen LogP contribution is 2.22. The number of hydrogen-bond acceptors (Lipinski definition) is 4. The molecule has 0 spiro atoms. The third kappa shape index (κ3) is 1.81. The molecule has 2 aromatic heterocycles. The van der Waals surface area contributed by atoms with Crippen molar-refractivity contribution < 1.29 is 14.4 Å². The summed E-state index contributed by atoms with van der Waals surface area (Å²) in [6.07, 6.45) is 3.47. The number of imidazole rings is 1. The van der Waals surface area contributed by atoms with Crippen molar-refractivity contribution in [1.82, 2.24) is 15.1 Å². The van der Waals surface area contributed by atoms with Gasteiger partial charge in [0.05, 0.1) is 5.92 Å². The van der Waals surface area contributed by atoms with Crippen LogP contribution in [-0.2, 0) is 11.3 Å². The number of aliphatic hydroxyl groups is 1. The van der Waals surface area contributed by atoms with Crippen LogP contribution >= 0.6 is 0 Å². The molecule has 0 aromatic carbocycles. The van der Waals surface area contributed by atoms with Gasteiger partial charge in [0.25, 0.3) is 11.3 Å². The number of aromatic amines is 2. The van der Waals surface area contributed by atoms with Crippen LogP contribution in [0.3, 0.4) is 0 Å². The Morgan fingerprint density at radius 3 is 3.00 bits per heavy atom. The molecular formula is C11H15N4O3+. The molecule has 2 aromatic rings. The quantitative estimate of drug-likeness (QED) is 0.610. The second-order valence-corrected chi connectivity index (χ2v) is 4.42. The Bertz CT molecular complexity index is 612.